The molecule has 0 amide bonds. The number of aromatic amines is 1. The first kappa shape index (κ1) is 11.4. The van der Waals surface area contributed by atoms with Gasteiger partial charge in [0.05, 0.1) is 11.6 Å². The van der Waals surface area contributed by atoms with Gasteiger partial charge >= 0.3 is 0 Å². The number of nitrogens with zero attached hydrogens (tertiary/aromatic N) is 5. The Hall–Kier alpha value is -1.69. The number of H-pyrrole nitrogens is 1. The molecule has 6 nitrogen and oxygen atoms in total. The first-order chi connectivity index (χ1) is 8.75. The summed E-state index contributed by atoms with van der Waals surface area (Å²) in [5, 5.41) is 7.95. The van der Waals surface area contributed by atoms with Crippen LogP contribution in [-0.2, 0) is 0 Å². The van der Waals surface area contributed by atoms with Gasteiger partial charge in [-0.15, -0.1) is 0 Å². The predicted molar refractivity (Wildman–Crippen MR) is 70.6 cm³/mol. The minimum absolute atomic E-state index is 0.593. The average molecular weight is 246 g/mol. The fourth-order valence-corrected chi connectivity index (χ4v) is 2.57. The molecule has 96 valence electrons. The molecule has 0 radical (unpaired) electrons. The minimum Gasteiger partial charge on any atom is -0.354 e. The van der Waals surface area contributed by atoms with Crippen molar-refractivity contribution in [3.05, 3.63) is 12.5 Å². The van der Waals surface area contributed by atoms with Crippen molar-refractivity contribution in [3.63, 3.8) is 0 Å². The monoisotopic (exact) mass is 246 g/mol. The second-order valence-corrected chi connectivity index (χ2v) is 5.04. The van der Waals surface area contributed by atoms with E-state index < -0.39 is 0 Å². The second-order valence-electron chi connectivity index (χ2n) is 5.04. The largest absolute Gasteiger partial charge is 0.354 e. The molecule has 2 aromatic rings. The third-order valence-corrected chi connectivity index (χ3v) is 3.65. The summed E-state index contributed by atoms with van der Waals surface area (Å²) in [5.41, 5.74) is 0.812. The molecule has 3 heterocycles. The maximum atomic E-state index is 4.43. The SMILES string of the molecule is CN(C)C1CCCN(c2ncnc3[nH]ncc23)C1. The van der Waals surface area contributed by atoms with Crippen LogP contribution >= 0.6 is 0 Å². The van der Waals surface area contributed by atoms with Gasteiger partial charge < -0.3 is 9.80 Å². The van der Waals surface area contributed by atoms with E-state index in [1.54, 1.807) is 6.33 Å². The number of piperidine rings is 1. The van der Waals surface area contributed by atoms with Crippen LogP contribution in [0.15, 0.2) is 12.5 Å². The smallest absolute Gasteiger partial charge is 0.160 e. The van der Waals surface area contributed by atoms with Gasteiger partial charge in [0.25, 0.3) is 0 Å². The first-order valence-corrected chi connectivity index (χ1v) is 6.31. The molecular formula is C12H18N6. The van der Waals surface area contributed by atoms with E-state index >= 15 is 0 Å². The highest BCUT2D eigenvalue weighted by Crippen LogP contribution is 2.25. The van der Waals surface area contributed by atoms with Crippen molar-refractivity contribution in [1.29, 1.82) is 0 Å². The van der Waals surface area contributed by atoms with Gasteiger partial charge in [0.15, 0.2) is 5.65 Å². The lowest BCUT2D eigenvalue weighted by molar-refractivity contribution is 0.257. The van der Waals surface area contributed by atoms with E-state index in [0.29, 0.717) is 6.04 Å². The Labute approximate surface area is 106 Å². The highest BCUT2D eigenvalue weighted by atomic mass is 15.3. The Morgan fingerprint density at radius 3 is 3.11 bits per heavy atom. The van der Waals surface area contributed by atoms with E-state index in [0.717, 1.165) is 29.9 Å². The summed E-state index contributed by atoms with van der Waals surface area (Å²) in [6, 6.07) is 0.593. The summed E-state index contributed by atoms with van der Waals surface area (Å²) < 4.78 is 0. The van der Waals surface area contributed by atoms with Crippen LogP contribution in [0.5, 0.6) is 0 Å². The van der Waals surface area contributed by atoms with Gasteiger partial charge in [-0.1, -0.05) is 0 Å². The lowest BCUT2D eigenvalue weighted by Gasteiger charge is -2.36. The third-order valence-electron chi connectivity index (χ3n) is 3.65. The zero-order valence-electron chi connectivity index (χ0n) is 10.8. The van der Waals surface area contributed by atoms with E-state index in [-0.39, 0.29) is 0 Å². The zero-order valence-corrected chi connectivity index (χ0v) is 10.8. The highest BCUT2D eigenvalue weighted by molar-refractivity contribution is 5.86. The standard InChI is InChI=1S/C12H18N6/c1-17(2)9-4-3-5-18(7-9)12-10-6-15-16-11(10)13-8-14-12/h6,8-9H,3-5,7H2,1-2H3,(H,13,14,15,16). The quantitative estimate of drug-likeness (QED) is 0.852. The molecule has 2 aromatic heterocycles. The van der Waals surface area contributed by atoms with Crippen LogP contribution in [0.4, 0.5) is 5.82 Å². The fourth-order valence-electron chi connectivity index (χ4n) is 2.57. The lowest BCUT2D eigenvalue weighted by atomic mass is 10.0. The van der Waals surface area contributed by atoms with Crippen LogP contribution in [-0.4, -0.2) is 58.3 Å². The molecule has 1 unspecified atom stereocenters. The van der Waals surface area contributed by atoms with E-state index in [9.17, 15) is 0 Å². The highest BCUT2D eigenvalue weighted by Gasteiger charge is 2.23. The Morgan fingerprint density at radius 2 is 2.28 bits per heavy atom. The van der Waals surface area contributed by atoms with Crippen LogP contribution in [0.2, 0.25) is 0 Å². The summed E-state index contributed by atoms with van der Waals surface area (Å²) in [7, 11) is 4.28. The predicted octanol–water partition coefficient (Wildman–Crippen LogP) is 0.883. The van der Waals surface area contributed by atoms with Gasteiger partial charge in [-0.2, -0.15) is 5.10 Å². The molecule has 1 saturated heterocycles. The van der Waals surface area contributed by atoms with Gasteiger partial charge in [-0.3, -0.25) is 5.10 Å². The summed E-state index contributed by atoms with van der Waals surface area (Å²) in [6.45, 7) is 2.08. The molecule has 0 aromatic carbocycles. The van der Waals surface area contributed by atoms with Crippen molar-refractivity contribution in [1.82, 2.24) is 25.1 Å². The molecule has 1 aliphatic rings. The van der Waals surface area contributed by atoms with Crippen molar-refractivity contribution in [2.45, 2.75) is 18.9 Å². The molecule has 0 saturated carbocycles. The zero-order chi connectivity index (χ0) is 12.5. The maximum Gasteiger partial charge on any atom is 0.160 e. The van der Waals surface area contributed by atoms with Crippen molar-refractivity contribution in [2.24, 2.45) is 0 Å². The molecular weight excluding hydrogens is 228 g/mol. The normalized spacial score (nSPS) is 20.8. The van der Waals surface area contributed by atoms with Crippen LogP contribution in [0.1, 0.15) is 12.8 Å². The number of aromatic nitrogens is 4. The maximum absolute atomic E-state index is 4.43. The topological polar surface area (TPSA) is 60.9 Å². The Kier molecular flexibility index (Phi) is 2.87. The molecule has 1 aliphatic heterocycles. The Morgan fingerprint density at radius 1 is 1.39 bits per heavy atom. The van der Waals surface area contributed by atoms with E-state index in [1.165, 1.54) is 12.8 Å². The van der Waals surface area contributed by atoms with Gasteiger partial charge in [0.2, 0.25) is 0 Å². The number of hydrogen-bond donors (Lipinski definition) is 1. The molecule has 6 heteroatoms. The minimum atomic E-state index is 0.593. The number of anilines is 1. The second kappa shape index (κ2) is 4.53. The average Bonchev–Trinajstić information content (AvgIpc) is 2.87. The van der Waals surface area contributed by atoms with Crippen LogP contribution in [0.3, 0.4) is 0 Å². The molecule has 1 fully saturated rings. The number of hydrogen-bond acceptors (Lipinski definition) is 5. The molecule has 0 bridgehead atoms. The van der Waals surface area contributed by atoms with Crippen LogP contribution in [0, 0.1) is 0 Å². The number of likely N-dealkylation sites (N-methyl/N-ethyl adjacent to an activating group) is 1. The van der Waals surface area contributed by atoms with Crippen molar-refractivity contribution in [3.8, 4) is 0 Å². The van der Waals surface area contributed by atoms with Gasteiger partial charge in [-0.05, 0) is 26.9 Å². The Balaban J connectivity index is 1.92. The van der Waals surface area contributed by atoms with E-state index in [2.05, 4.69) is 44.1 Å². The van der Waals surface area contributed by atoms with Crippen LogP contribution < -0.4 is 4.90 Å². The molecule has 3 rings (SSSR count). The van der Waals surface area contributed by atoms with Crippen molar-refractivity contribution >= 4 is 16.9 Å². The summed E-state index contributed by atoms with van der Waals surface area (Å²) in [6.07, 6.45) is 5.87. The Bertz CT molecular complexity index is 534. The van der Waals surface area contributed by atoms with Crippen molar-refractivity contribution < 1.29 is 0 Å². The molecule has 18 heavy (non-hydrogen) atoms. The summed E-state index contributed by atoms with van der Waals surface area (Å²) in [5.74, 6) is 1.00. The van der Waals surface area contributed by atoms with Crippen molar-refractivity contribution in [2.75, 3.05) is 32.1 Å². The third kappa shape index (κ3) is 1.92. The number of fused-ring (bicyclic) bond motifs is 1. The molecule has 1 atom stereocenters. The summed E-state index contributed by atoms with van der Waals surface area (Å²) >= 11 is 0. The van der Waals surface area contributed by atoms with Gasteiger partial charge in [-0.25, -0.2) is 9.97 Å². The van der Waals surface area contributed by atoms with E-state index in [1.807, 2.05) is 6.20 Å². The molecule has 0 spiro atoms. The van der Waals surface area contributed by atoms with Crippen LogP contribution in [0.25, 0.3) is 11.0 Å². The lowest BCUT2D eigenvalue weighted by Crippen LogP contribution is -2.45. The van der Waals surface area contributed by atoms with Gasteiger partial charge in [0.1, 0.15) is 12.1 Å². The summed E-state index contributed by atoms with van der Waals surface area (Å²) in [4.78, 5) is 13.2. The molecule has 1 N–H and O–H groups in total. The number of nitrogens with one attached hydrogen (secondary N) is 1. The van der Waals surface area contributed by atoms with E-state index in [4.69, 9.17) is 0 Å². The van der Waals surface area contributed by atoms with Gasteiger partial charge in [0, 0.05) is 19.1 Å². The fraction of sp³-hybridized carbons (Fsp3) is 0.583. The molecule has 0 aliphatic carbocycles. The first-order valence-electron chi connectivity index (χ1n) is 6.31. The number of rotatable bonds is 2.